The molecule has 7 heteroatoms. The molecule has 0 amide bonds. The zero-order chi connectivity index (χ0) is 11.7. The minimum absolute atomic E-state index is 0.0689. The molecule has 0 aliphatic heterocycles. The van der Waals surface area contributed by atoms with Gasteiger partial charge in [0.25, 0.3) is 0 Å². The van der Waals surface area contributed by atoms with Crippen LogP contribution in [0, 0.1) is 0 Å². The third kappa shape index (κ3) is 1.84. The molecule has 1 aromatic carbocycles. The van der Waals surface area contributed by atoms with Gasteiger partial charge in [0, 0.05) is 0 Å². The molecule has 82 valence electrons. The number of aromatic hydroxyl groups is 1. The molecule has 16 heavy (non-hydrogen) atoms. The first kappa shape index (κ1) is 10.8. The Morgan fingerprint density at radius 2 is 2.25 bits per heavy atom. The molecule has 0 aliphatic rings. The summed E-state index contributed by atoms with van der Waals surface area (Å²) in [6, 6.07) is 5.20. The molecule has 0 unspecified atom stereocenters. The van der Waals surface area contributed by atoms with Crippen LogP contribution in [0.3, 0.4) is 0 Å². The molecule has 0 aliphatic carbocycles. The summed E-state index contributed by atoms with van der Waals surface area (Å²) < 4.78 is 0. The van der Waals surface area contributed by atoms with Gasteiger partial charge in [-0.05, 0) is 24.4 Å². The lowest BCUT2D eigenvalue weighted by atomic mass is 10.2. The summed E-state index contributed by atoms with van der Waals surface area (Å²) in [6.07, 6.45) is 0. The van der Waals surface area contributed by atoms with Crippen molar-refractivity contribution in [2.75, 3.05) is 0 Å². The normalized spacial score (nSPS) is 11.3. The number of azo groups is 1. The summed E-state index contributed by atoms with van der Waals surface area (Å²) in [6.45, 7) is 0. The molecule has 2 aromatic rings. The Morgan fingerprint density at radius 1 is 1.50 bits per heavy atom. The summed E-state index contributed by atoms with van der Waals surface area (Å²) in [7, 11) is 0. The molecule has 0 radical (unpaired) electrons. The zero-order valence-electron chi connectivity index (χ0n) is 7.94. The maximum Gasteiger partial charge on any atom is 0.211 e. The Bertz CT molecular complexity index is 592. The highest BCUT2D eigenvalue weighted by molar-refractivity contribution is 7.80. The topological polar surface area (TPSA) is 86.8 Å². The average molecular weight is 255 g/mol. The summed E-state index contributed by atoms with van der Waals surface area (Å²) >= 11 is 10.5. The molecule has 0 saturated carbocycles. The van der Waals surface area contributed by atoms with Gasteiger partial charge in [-0.2, -0.15) is 0 Å². The maximum absolute atomic E-state index is 9.83. The molecule has 0 saturated heterocycles. The molecule has 5 nitrogen and oxygen atoms in total. The lowest BCUT2D eigenvalue weighted by molar-refractivity contribution is 0.482. The van der Waals surface area contributed by atoms with Crippen LogP contribution in [-0.2, 0) is 0 Å². The van der Waals surface area contributed by atoms with E-state index in [1.54, 1.807) is 18.2 Å². The third-order valence-electron chi connectivity index (χ3n) is 1.98. The highest BCUT2D eigenvalue weighted by Crippen LogP contribution is 2.38. The number of hydrogen-bond acceptors (Lipinski definition) is 3. The van der Waals surface area contributed by atoms with Crippen LogP contribution in [0.1, 0.15) is 0 Å². The number of rotatable bonds is 1. The molecular formula is C9H7ClN4OS. The zero-order valence-corrected chi connectivity index (χ0v) is 9.51. The highest BCUT2D eigenvalue weighted by Gasteiger charge is 2.12. The number of nitrogens with two attached hydrogens (primary N) is 1. The van der Waals surface area contributed by atoms with Gasteiger partial charge < -0.3 is 15.8 Å². The Balaban J connectivity index is 2.61. The number of hydrogen-bond donors (Lipinski definition) is 3. The average Bonchev–Trinajstić information content (AvgIpc) is 2.54. The second kappa shape index (κ2) is 4.07. The molecule has 1 heterocycles. The van der Waals surface area contributed by atoms with Crippen molar-refractivity contribution in [3.63, 3.8) is 0 Å². The van der Waals surface area contributed by atoms with Crippen LogP contribution in [0.5, 0.6) is 5.75 Å². The van der Waals surface area contributed by atoms with E-state index in [0.29, 0.717) is 15.9 Å². The van der Waals surface area contributed by atoms with E-state index in [1.807, 2.05) is 0 Å². The van der Waals surface area contributed by atoms with Crippen LogP contribution < -0.4 is 5.73 Å². The van der Waals surface area contributed by atoms with Gasteiger partial charge in [-0.1, -0.05) is 17.7 Å². The summed E-state index contributed by atoms with van der Waals surface area (Å²) in [5.74, 6) is 0.108. The van der Waals surface area contributed by atoms with Crippen molar-refractivity contribution < 1.29 is 5.11 Å². The molecule has 0 spiro atoms. The fraction of sp³-hybridized carbons (Fsp3) is 0. The van der Waals surface area contributed by atoms with E-state index in [9.17, 15) is 5.11 Å². The molecule has 4 N–H and O–H groups in total. The Morgan fingerprint density at radius 3 is 2.88 bits per heavy atom. The number of fused-ring (bicyclic) bond motifs is 1. The molecule has 0 fully saturated rings. The van der Waals surface area contributed by atoms with Crippen molar-refractivity contribution in [1.29, 1.82) is 0 Å². The molecule has 0 bridgehead atoms. The summed E-state index contributed by atoms with van der Waals surface area (Å²) in [5, 5.41) is 17.8. The van der Waals surface area contributed by atoms with Crippen molar-refractivity contribution in [1.82, 2.24) is 4.98 Å². The fourth-order valence-electron chi connectivity index (χ4n) is 1.35. The van der Waals surface area contributed by atoms with Crippen LogP contribution in [0.15, 0.2) is 28.4 Å². The van der Waals surface area contributed by atoms with E-state index in [2.05, 4.69) is 27.4 Å². The van der Waals surface area contributed by atoms with Crippen LogP contribution in [0.2, 0.25) is 5.02 Å². The Labute approximate surface area is 101 Å². The first-order valence-corrected chi connectivity index (χ1v) is 5.08. The first-order chi connectivity index (χ1) is 7.59. The number of aromatic amines is 1. The van der Waals surface area contributed by atoms with E-state index in [4.69, 9.17) is 17.3 Å². The summed E-state index contributed by atoms with van der Waals surface area (Å²) in [5.41, 5.74) is 5.83. The lowest BCUT2D eigenvalue weighted by Gasteiger charge is -1.92. The first-order valence-electron chi connectivity index (χ1n) is 4.30. The molecule has 1 aromatic heterocycles. The largest absolute Gasteiger partial charge is 0.504 e. The molecule has 2 rings (SSSR count). The van der Waals surface area contributed by atoms with Crippen LogP contribution in [0.4, 0.5) is 5.82 Å². The third-order valence-corrected chi connectivity index (χ3v) is 2.37. The number of thiocarbonyl (C=S) groups is 1. The number of nitrogens with one attached hydrogen (secondary N) is 1. The predicted molar refractivity (Wildman–Crippen MR) is 66.3 cm³/mol. The van der Waals surface area contributed by atoms with Crippen LogP contribution in [-0.4, -0.2) is 15.2 Å². The van der Waals surface area contributed by atoms with Crippen LogP contribution >= 0.6 is 23.8 Å². The van der Waals surface area contributed by atoms with Crippen molar-refractivity contribution >= 4 is 45.7 Å². The lowest BCUT2D eigenvalue weighted by Crippen LogP contribution is -2.01. The number of benzene rings is 1. The number of nitrogens with zero attached hydrogens (tertiary/aromatic N) is 2. The van der Waals surface area contributed by atoms with Gasteiger partial charge in [-0.15, -0.1) is 10.2 Å². The number of H-pyrrole nitrogens is 1. The molecule has 0 atom stereocenters. The Hall–Kier alpha value is -1.66. The second-order valence-corrected chi connectivity index (χ2v) is 3.85. The maximum atomic E-state index is 9.83. The number of halogens is 1. The van der Waals surface area contributed by atoms with Gasteiger partial charge in [0.15, 0.2) is 11.6 Å². The SMILES string of the molecule is NC(=S)N=Nc1[nH]c2cccc(Cl)c2c1O. The Kier molecular flexibility index (Phi) is 2.76. The predicted octanol–water partition coefficient (Wildman–Crippen LogP) is 2.85. The quantitative estimate of drug-likeness (QED) is 0.540. The van der Waals surface area contributed by atoms with Gasteiger partial charge in [0.2, 0.25) is 5.11 Å². The van der Waals surface area contributed by atoms with Gasteiger partial charge in [-0.3, -0.25) is 0 Å². The number of aromatic nitrogens is 1. The van der Waals surface area contributed by atoms with Gasteiger partial charge in [-0.25, -0.2) is 0 Å². The fourth-order valence-corrected chi connectivity index (χ4v) is 1.65. The van der Waals surface area contributed by atoms with E-state index in [0.717, 1.165) is 0 Å². The molecular weight excluding hydrogens is 248 g/mol. The van der Waals surface area contributed by atoms with Crippen molar-refractivity contribution in [2.24, 2.45) is 16.0 Å². The smallest absolute Gasteiger partial charge is 0.211 e. The minimum Gasteiger partial charge on any atom is -0.504 e. The van der Waals surface area contributed by atoms with Gasteiger partial charge >= 0.3 is 0 Å². The van der Waals surface area contributed by atoms with E-state index in [-0.39, 0.29) is 16.7 Å². The van der Waals surface area contributed by atoms with E-state index < -0.39 is 0 Å². The van der Waals surface area contributed by atoms with E-state index in [1.165, 1.54) is 0 Å². The van der Waals surface area contributed by atoms with Crippen molar-refractivity contribution in [3.8, 4) is 5.75 Å². The standard InChI is InChI=1S/C9H7ClN4OS/c10-4-2-1-3-5-6(4)7(15)8(12-5)13-14-9(11)16/h1-3,12,15H,(H2,11,16). The van der Waals surface area contributed by atoms with Gasteiger partial charge in [0.1, 0.15) is 0 Å². The van der Waals surface area contributed by atoms with Gasteiger partial charge in [0.05, 0.1) is 15.9 Å². The van der Waals surface area contributed by atoms with E-state index >= 15 is 0 Å². The second-order valence-electron chi connectivity index (χ2n) is 3.02. The van der Waals surface area contributed by atoms with Crippen LogP contribution in [0.25, 0.3) is 10.9 Å². The monoisotopic (exact) mass is 254 g/mol. The minimum atomic E-state index is -0.107. The van der Waals surface area contributed by atoms with Crippen molar-refractivity contribution in [3.05, 3.63) is 23.2 Å². The summed E-state index contributed by atoms with van der Waals surface area (Å²) in [4.78, 5) is 2.85. The highest BCUT2D eigenvalue weighted by atomic mass is 35.5. The van der Waals surface area contributed by atoms with Crippen molar-refractivity contribution in [2.45, 2.75) is 0 Å².